The minimum Gasteiger partial charge on any atom is -0.339 e. The van der Waals surface area contributed by atoms with Crippen molar-refractivity contribution in [2.45, 2.75) is 37.8 Å². The summed E-state index contributed by atoms with van der Waals surface area (Å²) in [6.07, 6.45) is 0. The number of amides is 2. The molecule has 1 aromatic carbocycles. The van der Waals surface area contributed by atoms with E-state index >= 15 is 0 Å². The molecule has 0 aliphatic carbocycles. The maximum Gasteiger partial charge on any atom is 0.253 e. The molecule has 0 atom stereocenters. The second-order valence-corrected chi connectivity index (χ2v) is 9.39. The molecule has 0 aromatic heterocycles. The van der Waals surface area contributed by atoms with Crippen LogP contribution in [-0.2, 0) is 14.6 Å². The van der Waals surface area contributed by atoms with Gasteiger partial charge in [0, 0.05) is 37.7 Å². The zero-order valence-corrected chi connectivity index (χ0v) is 16.0. The second-order valence-electron chi connectivity index (χ2n) is 6.89. The zero-order chi connectivity index (χ0) is 18.8. The monoisotopic (exact) mass is 366 g/mol. The maximum atomic E-state index is 12.6. The Morgan fingerprint density at radius 1 is 0.880 bits per heavy atom. The summed E-state index contributed by atoms with van der Waals surface area (Å²) >= 11 is 0. The van der Waals surface area contributed by atoms with Crippen LogP contribution in [0.2, 0.25) is 0 Å². The molecule has 1 saturated heterocycles. The van der Waals surface area contributed by atoms with Crippen molar-refractivity contribution in [3.8, 4) is 0 Å². The van der Waals surface area contributed by atoms with Gasteiger partial charge in [0.1, 0.15) is 0 Å². The summed E-state index contributed by atoms with van der Waals surface area (Å²) in [5, 5.41) is -0.499. The Bertz CT molecular complexity index is 731. The van der Waals surface area contributed by atoms with Crippen molar-refractivity contribution < 1.29 is 18.0 Å². The third-order valence-electron chi connectivity index (χ3n) is 4.42. The van der Waals surface area contributed by atoms with Gasteiger partial charge in [-0.2, -0.15) is 0 Å². The Morgan fingerprint density at radius 2 is 1.36 bits per heavy atom. The highest BCUT2D eigenvalue weighted by molar-refractivity contribution is 7.92. The van der Waals surface area contributed by atoms with Crippen LogP contribution in [0.25, 0.3) is 0 Å². The normalized spacial score (nSPS) is 15.8. The molecule has 0 radical (unpaired) electrons. The number of hydrogen-bond acceptors (Lipinski definition) is 4. The first kappa shape index (κ1) is 19.4. The van der Waals surface area contributed by atoms with Crippen molar-refractivity contribution in [2.75, 3.05) is 26.2 Å². The van der Waals surface area contributed by atoms with E-state index in [2.05, 4.69) is 0 Å². The van der Waals surface area contributed by atoms with Gasteiger partial charge in [0.05, 0.1) is 10.1 Å². The van der Waals surface area contributed by atoms with E-state index in [0.29, 0.717) is 31.7 Å². The molecule has 1 fully saturated rings. The fraction of sp³-hybridized carbons (Fsp3) is 0.556. The second kappa shape index (κ2) is 7.56. The number of hydrogen-bond donors (Lipinski definition) is 0. The van der Waals surface area contributed by atoms with Gasteiger partial charge >= 0.3 is 0 Å². The summed E-state index contributed by atoms with van der Waals surface area (Å²) < 4.78 is 24.3. The molecular formula is C18H26N2O4S. The predicted molar refractivity (Wildman–Crippen MR) is 96.1 cm³/mol. The molecule has 0 saturated carbocycles. The number of carbonyl (C=O) groups excluding carboxylic acids is 2. The lowest BCUT2D eigenvalue weighted by atomic mass is 10.1. The molecule has 6 nitrogen and oxygen atoms in total. The average molecular weight is 366 g/mol. The molecule has 0 bridgehead atoms. The summed E-state index contributed by atoms with van der Waals surface area (Å²) in [5.74, 6) is -0.0711. The molecular weight excluding hydrogens is 340 g/mol. The van der Waals surface area contributed by atoms with E-state index in [-0.39, 0.29) is 22.6 Å². The lowest BCUT2D eigenvalue weighted by Crippen LogP contribution is -2.51. The summed E-state index contributed by atoms with van der Waals surface area (Å²) in [7, 11) is -3.34. The van der Waals surface area contributed by atoms with Crippen LogP contribution in [0.5, 0.6) is 0 Å². The highest BCUT2D eigenvalue weighted by Gasteiger charge is 2.26. The SMILES string of the molecule is CC(C)C(=O)N1CCN(C(=O)c2ccc(S(=O)(=O)C(C)C)cc2)CC1. The molecule has 7 heteroatoms. The van der Waals surface area contributed by atoms with Gasteiger partial charge < -0.3 is 9.80 Å². The first-order valence-corrected chi connectivity index (χ1v) is 10.1. The Morgan fingerprint density at radius 3 is 1.80 bits per heavy atom. The van der Waals surface area contributed by atoms with Crippen LogP contribution in [-0.4, -0.2) is 61.5 Å². The third kappa shape index (κ3) is 4.21. The molecule has 0 spiro atoms. The van der Waals surface area contributed by atoms with E-state index in [1.807, 2.05) is 13.8 Å². The van der Waals surface area contributed by atoms with Gasteiger partial charge in [-0.15, -0.1) is 0 Å². The zero-order valence-electron chi connectivity index (χ0n) is 15.2. The highest BCUT2D eigenvalue weighted by atomic mass is 32.2. The largest absolute Gasteiger partial charge is 0.339 e. The summed E-state index contributed by atoms with van der Waals surface area (Å²) in [6, 6.07) is 6.09. The van der Waals surface area contributed by atoms with E-state index in [0.717, 1.165) is 0 Å². The highest BCUT2D eigenvalue weighted by Crippen LogP contribution is 2.18. The van der Waals surface area contributed by atoms with Gasteiger partial charge in [-0.3, -0.25) is 9.59 Å². The van der Waals surface area contributed by atoms with Crippen molar-refractivity contribution >= 4 is 21.7 Å². The van der Waals surface area contributed by atoms with E-state index in [1.165, 1.54) is 12.1 Å². The number of rotatable bonds is 4. The Kier molecular flexibility index (Phi) is 5.87. The quantitative estimate of drug-likeness (QED) is 0.814. The lowest BCUT2D eigenvalue weighted by Gasteiger charge is -2.35. The molecule has 0 N–H and O–H groups in total. The van der Waals surface area contributed by atoms with E-state index in [9.17, 15) is 18.0 Å². The van der Waals surface area contributed by atoms with Crippen LogP contribution < -0.4 is 0 Å². The molecule has 2 rings (SSSR count). The fourth-order valence-electron chi connectivity index (χ4n) is 2.74. The number of nitrogens with zero attached hydrogens (tertiary/aromatic N) is 2. The topological polar surface area (TPSA) is 74.8 Å². The Labute approximate surface area is 149 Å². The first-order valence-electron chi connectivity index (χ1n) is 8.56. The molecule has 138 valence electrons. The van der Waals surface area contributed by atoms with Crippen molar-refractivity contribution in [3.05, 3.63) is 29.8 Å². The number of carbonyl (C=O) groups is 2. The minimum atomic E-state index is -3.34. The standard InChI is InChI=1S/C18H26N2O4S/c1-13(2)17(21)19-9-11-20(12-10-19)18(22)15-5-7-16(8-6-15)25(23,24)14(3)4/h5-8,13-14H,9-12H2,1-4H3. The number of sulfone groups is 1. The Hall–Kier alpha value is -1.89. The van der Waals surface area contributed by atoms with Gasteiger partial charge in [-0.25, -0.2) is 8.42 Å². The number of piperazine rings is 1. The molecule has 1 aromatic rings. The van der Waals surface area contributed by atoms with Crippen LogP contribution in [0.3, 0.4) is 0 Å². The van der Waals surface area contributed by atoms with Crippen LogP contribution in [0.1, 0.15) is 38.1 Å². The van der Waals surface area contributed by atoms with E-state index in [1.54, 1.807) is 35.8 Å². The van der Waals surface area contributed by atoms with Gasteiger partial charge in [0.25, 0.3) is 5.91 Å². The van der Waals surface area contributed by atoms with Crippen LogP contribution in [0.15, 0.2) is 29.2 Å². The maximum absolute atomic E-state index is 12.6. The van der Waals surface area contributed by atoms with Gasteiger partial charge in [-0.05, 0) is 38.1 Å². The molecule has 0 unspecified atom stereocenters. The van der Waals surface area contributed by atoms with Crippen molar-refractivity contribution in [3.63, 3.8) is 0 Å². The average Bonchev–Trinajstić information content (AvgIpc) is 2.60. The molecule has 1 aliphatic heterocycles. The summed E-state index contributed by atoms with van der Waals surface area (Å²) in [5.41, 5.74) is 0.464. The van der Waals surface area contributed by atoms with Gasteiger partial charge in [0.15, 0.2) is 9.84 Å². The first-order chi connectivity index (χ1) is 11.6. The van der Waals surface area contributed by atoms with E-state index in [4.69, 9.17) is 0 Å². The van der Waals surface area contributed by atoms with E-state index < -0.39 is 15.1 Å². The van der Waals surface area contributed by atoms with Gasteiger partial charge in [0.2, 0.25) is 5.91 Å². The van der Waals surface area contributed by atoms with Crippen LogP contribution in [0.4, 0.5) is 0 Å². The summed E-state index contributed by atoms with van der Waals surface area (Å²) in [4.78, 5) is 28.3. The fourth-order valence-corrected chi connectivity index (χ4v) is 3.80. The smallest absolute Gasteiger partial charge is 0.253 e. The van der Waals surface area contributed by atoms with Gasteiger partial charge in [-0.1, -0.05) is 13.8 Å². The molecule has 25 heavy (non-hydrogen) atoms. The number of benzene rings is 1. The Balaban J connectivity index is 2.04. The van der Waals surface area contributed by atoms with Crippen molar-refractivity contribution in [1.29, 1.82) is 0 Å². The van der Waals surface area contributed by atoms with Crippen LogP contribution >= 0.6 is 0 Å². The summed E-state index contributed by atoms with van der Waals surface area (Å²) in [6.45, 7) is 9.04. The molecule has 2 amide bonds. The third-order valence-corrected chi connectivity index (χ3v) is 6.59. The van der Waals surface area contributed by atoms with Crippen molar-refractivity contribution in [1.82, 2.24) is 9.80 Å². The van der Waals surface area contributed by atoms with Crippen LogP contribution in [0, 0.1) is 5.92 Å². The van der Waals surface area contributed by atoms with Crippen molar-refractivity contribution in [2.24, 2.45) is 5.92 Å². The minimum absolute atomic E-state index is 0.0438. The predicted octanol–water partition coefficient (Wildman–Crippen LogP) is 1.81. The molecule has 1 aliphatic rings. The lowest BCUT2D eigenvalue weighted by molar-refractivity contribution is -0.135. The molecule has 1 heterocycles.